The minimum atomic E-state index is 0.330. The van der Waals surface area contributed by atoms with Crippen LogP contribution in [0.4, 0.5) is 0 Å². The van der Waals surface area contributed by atoms with Crippen LogP contribution in [0.5, 0.6) is 5.75 Å². The Morgan fingerprint density at radius 2 is 2.00 bits per heavy atom. The molecule has 4 heteroatoms. The molecular formula is C13H12N2O2. The molecule has 0 unspecified atom stereocenters. The van der Waals surface area contributed by atoms with Gasteiger partial charge in [0.15, 0.2) is 6.29 Å². The van der Waals surface area contributed by atoms with Gasteiger partial charge in [0.2, 0.25) is 0 Å². The van der Waals surface area contributed by atoms with Crippen molar-refractivity contribution in [3.8, 4) is 17.0 Å². The molecule has 0 atom stereocenters. The maximum Gasteiger partial charge on any atom is 0.170 e. The molecule has 0 saturated carbocycles. The highest BCUT2D eigenvalue weighted by atomic mass is 16.5. The minimum absolute atomic E-state index is 0.330. The largest absolute Gasteiger partial charge is 0.494 e. The molecule has 17 heavy (non-hydrogen) atoms. The number of ether oxygens (including phenoxy) is 1. The maximum absolute atomic E-state index is 10.6. The van der Waals surface area contributed by atoms with Gasteiger partial charge in [-0.15, -0.1) is 0 Å². The molecule has 1 aromatic carbocycles. The molecule has 0 bridgehead atoms. The molecule has 2 rings (SSSR count). The van der Waals surface area contributed by atoms with Gasteiger partial charge in [0.25, 0.3) is 0 Å². The summed E-state index contributed by atoms with van der Waals surface area (Å²) in [5, 5.41) is 0. The minimum Gasteiger partial charge on any atom is -0.494 e. The van der Waals surface area contributed by atoms with Crippen molar-refractivity contribution in [2.24, 2.45) is 0 Å². The fourth-order valence-corrected chi connectivity index (χ4v) is 1.47. The van der Waals surface area contributed by atoms with Crippen LogP contribution in [0.2, 0.25) is 0 Å². The second-order valence-corrected chi connectivity index (χ2v) is 3.40. The molecule has 2 aromatic rings. The number of carbonyl (C=O) groups is 1. The van der Waals surface area contributed by atoms with E-state index in [-0.39, 0.29) is 0 Å². The summed E-state index contributed by atoms with van der Waals surface area (Å²) in [7, 11) is 0. The molecule has 0 amide bonds. The fourth-order valence-electron chi connectivity index (χ4n) is 1.47. The van der Waals surface area contributed by atoms with Gasteiger partial charge in [0.05, 0.1) is 24.7 Å². The van der Waals surface area contributed by atoms with Gasteiger partial charge in [0.1, 0.15) is 11.4 Å². The number of hydrogen-bond acceptors (Lipinski definition) is 4. The van der Waals surface area contributed by atoms with E-state index in [0.29, 0.717) is 24.3 Å². The Bertz CT molecular complexity index is 509. The zero-order valence-corrected chi connectivity index (χ0v) is 9.46. The van der Waals surface area contributed by atoms with Gasteiger partial charge in [0, 0.05) is 5.56 Å². The maximum atomic E-state index is 10.6. The molecule has 0 saturated heterocycles. The lowest BCUT2D eigenvalue weighted by Crippen LogP contribution is -1.93. The lowest BCUT2D eigenvalue weighted by molar-refractivity contribution is 0.111. The van der Waals surface area contributed by atoms with E-state index in [2.05, 4.69) is 9.97 Å². The molecule has 0 aliphatic rings. The average molecular weight is 228 g/mol. The highest BCUT2D eigenvalue weighted by Gasteiger charge is 2.01. The van der Waals surface area contributed by atoms with E-state index >= 15 is 0 Å². The first-order valence-corrected chi connectivity index (χ1v) is 5.34. The highest BCUT2D eigenvalue weighted by Crippen LogP contribution is 2.20. The van der Waals surface area contributed by atoms with Crippen LogP contribution >= 0.6 is 0 Å². The fraction of sp³-hybridized carbons (Fsp3) is 0.154. The number of aldehydes is 1. The van der Waals surface area contributed by atoms with Crippen molar-refractivity contribution in [1.29, 1.82) is 0 Å². The van der Waals surface area contributed by atoms with Crippen molar-refractivity contribution in [3.63, 3.8) is 0 Å². The van der Waals surface area contributed by atoms with Gasteiger partial charge >= 0.3 is 0 Å². The number of benzene rings is 1. The first-order chi connectivity index (χ1) is 8.33. The average Bonchev–Trinajstić information content (AvgIpc) is 2.40. The number of hydrogen-bond donors (Lipinski definition) is 0. The molecular weight excluding hydrogens is 216 g/mol. The molecule has 86 valence electrons. The van der Waals surface area contributed by atoms with Crippen LogP contribution in [0, 0.1) is 0 Å². The van der Waals surface area contributed by atoms with E-state index in [1.165, 1.54) is 6.20 Å². The van der Waals surface area contributed by atoms with Crippen LogP contribution in [-0.4, -0.2) is 22.9 Å². The normalized spacial score (nSPS) is 9.94. The Kier molecular flexibility index (Phi) is 3.45. The van der Waals surface area contributed by atoms with Crippen molar-refractivity contribution in [1.82, 2.24) is 9.97 Å². The van der Waals surface area contributed by atoms with Gasteiger partial charge in [-0.3, -0.25) is 9.78 Å². The summed E-state index contributed by atoms with van der Waals surface area (Å²) in [6, 6.07) is 7.52. The summed E-state index contributed by atoms with van der Waals surface area (Å²) in [5.74, 6) is 0.816. The lowest BCUT2D eigenvalue weighted by atomic mass is 10.1. The molecule has 0 spiro atoms. The van der Waals surface area contributed by atoms with Gasteiger partial charge < -0.3 is 4.74 Å². The lowest BCUT2D eigenvalue weighted by Gasteiger charge is -2.04. The Balaban J connectivity index is 2.29. The van der Waals surface area contributed by atoms with E-state index in [4.69, 9.17) is 4.74 Å². The van der Waals surface area contributed by atoms with E-state index in [0.717, 1.165) is 11.3 Å². The third-order valence-electron chi connectivity index (χ3n) is 2.24. The summed E-state index contributed by atoms with van der Waals surface area (Å²) in [4.78, 5) is 18.7. The van der Waals surface area contributed by atoms with Crippen molar-refractivity contribution in [3.05, 3.63) is 42.4 Å². The van der Waals surface area contributed by atoms with Crippen LogP contribution < -0.4 is 4.74 Å². The Morgan fingerprint density at radius 1 is 1.24 bits per heavy atom. The smallest absolute Gasteiger partial charge is 0.170 e. The van der Waals surface area contributed by atoms with Crippen LogP contribution in [0.1, 0.15) is 17.4 Å². The van der Waals surface area contributed by atoms with Crippen molar-refractivity contribution < 1.29 is 9.53 Å². The van der Waals surface area contributed by atoms with E-state index in [1.807, 2.05) is 31.2 Å². The molecule has 0 N–H and O–H groups in total. The summed E-state index contributed by atoms with van der Waals surface area (Å²) in [6.45, 7) is 2.58. The number of rotatable bonds is 4. The van der Waals surface area contributed by atoms with Crippen molar-refractivity contribution in [2.45, 2.75) is 6.92 Å². The highest BCUT2D eigenvalue weighted by molar-refractivity contribution is 5.72. The number of aromatic nitrogens is 2. The van der Waals surface area contributed by atoms with Gasteiger partial charge in [-0.05, 0) is 31.2 Å². The predicted octanol–water partition coefficient (Wildman–Crippen LogP) is 2.35. The van der Waals surface area contributed by atoms with Crippen LogP contribution in [0.3, 0.4) is 0 Å². The molecule has 0 radical (unpaired) electrons. The Morgan fingerprint density at radius 3 is 2.65 bits per heavy atom. The molecule has 0 aliphatic carbocycles. The number of carbonyl (C=O) groups excluding carboxylic acids is 1. The predicted molar refractivity (Wildman–Crippen MR) is 64.0 cm³/mol. The molecule has 0 fully saturated rings. The first kappa shape index (κ1) is 11.3. The molecule has 1 heterocycles. The van der Waals surface area contributed by atoms with Crippen molar-refractivity contribution in [2.75, 3.05) is 6.61 Å². The quantitative estimate of drug-likeness (QED) is 0.754. The second kappa shape index (κ2) is 5.21. The Hall–Kier alpha value is -2.23. The third kappa shape index (κ3) is 2.66. The zero-order valence-electron chi connectivity index (χ0n) is 9.46. The Labute approximate surface area is 99.3 Å². The summed E-state index contributed by atoms with van der Waals surface area (Å²) in [6.07, 6.45) is 3.75. The van der Waals surface area contributed by atoms with Gasteiger partial charge in [-0.25, -0.2) is 4.98 Å². The first-order valence-electron chi connectivity index (χ1n) is 5.34. The van der Waals surface area contributed by atoms with Gasteiger partial charge in [-0.2, -0.15) is 0 Å². The topological polar surface area (TPSA) is 52.1 Å². The zero-order chi connectivity index (χ0) is 12.1. The number of nitrogens with zero attached hydrogens (tertiary/aromatic N) is 2. The monoisotopic (exact) mass is 228 g/mol. The molecule has 0 aliphatic heterocycles. The SMILES string of the molecule is CCOc1ccc(-c2cncc(C=O)n2)cc1. The van der Waals surface area contributed by atoms with Crippen molar-refractivity contribution >= 4 is 6.29 Å². The van der Waals surface area contributed by atoms with Crippen LogP contribution in [-0.2, 0) is 0 Å². The summed E-state index contributed by atoms with van der Waals surface area (Å²) >= 11 is 0. The standard InChI is InChI=1S/C13H12N2O2/c1-2-17-12-5-3-10(4-6-12)13-8-14-7-11(9-16)15-13/h3-9H,2H2,1H3. The van der Waals surface area contributed by atoms with Crippen LogP contribution in [0.15, 0.2) is 36.7 Å². The van der Waals surface area contributed by atoms with Crippen LogP contribution in [0.25, 0.3) is 11.3 Å². The summed E-state index contributed by atoms with van der Waals surface area (Å²) in [5.41, 5.74) is 1.92. The second-order valence-electron chi connectivity index (χ2n) is 3.40. The molecule has 1 aromatic heterocycles. The summed E-state index contributed by atoms with van der Waals surface area (Å²) < 4.78 is 5.35. The van der Waals surface area contributed by atoms with E-state index < -0.39 is 0 Å². The third-order valence-corrected chi connectivity index (χ3v) is 2.24. The molecule has 4 nitrogen and oxygen atoms in total. The van der Waals surface area contributed by atoms with Gasteiger partial charge in [-0.1, -0.05) is 0 Å². The van der Waals surface area contributed by atoms with E-state index in [9.17, 15) is 4.79 Å². The van der Waals surface area contributed by atoms with E-state index in [1.54, 1.807) is 6.20 Å².